The minimum absolute atomic E-state index is 0.349. The molecule has 1 aliphatic carbocycles. The van der Waals surface area contributed by atoms with Gasteiger partial charge in [0.25, 0.3) is 0 Å². The minimum atomic E-state index is 0.349. The average molecular weight is 247 g/mol. The van der Waals surface area contributed by atoms with Crippen molar-refractivity contribution in [1.82, 2.24) is 0 Å². The van der Waals surface area contributed by atoms with E-state index in [1.807, 2.05) is 12.1 Å². The van der Waals surface area contributed by atoms with E-state index in [0.29, 0.717) is 12.0 Å². The van der Waals surface area contributed by atoms with E-state index in [2.05, 4.69) is 22.0 Å². The lowest BCUT2D eigenvalue weighted by molar-refractivity contribution is 0.990. The van der Waals surface area contributed by atoms with Gasteiger partial charge in [0.05, 0.1) is 5.02 Å². The van der Waals surface area contributed by atoms with E-state index in [1.54, 1.807) is 0 Å². The highest BCUT2D eigenvalue weighted by molar-refractivity contribution is 9.10. The molecule has 2 N–H and O–H groups in total. The lowest BCUT2D eigenvalue weighted by atomic mass is 10.1. The Morgan fingerprint density at radius 1 is 1.50 bits per heavy atom. The summed E-state index contributed by atoms with van der Waals surface area (Å²) in [7, 11) is 0. The van der Waals surface area contributed by atoms with Gasteiger partial charge in [-0.1, -0.05) is 17.7 Å². The van der Waals surface area contributed by atoms with Crippen LogP contribution in [0.5, 0.6) is 0 Å². The summed E-state index contributed by atoms with van der Waals surface area (Å²) >= 11 is 9.30. The molecule has 1 saturated carbocycles. The van der Waals surface area contributed by atoms with Crippen molar-refractivity contribution in [3.8, 4) is 0 Å². The minimum Gasteiger partial charge on any atom is -0.327 e. The Morgan fingerprint density at radius 2 is 2.17 bits per heavy atom. The molecule has 0 aromatic heterocycles. The molecule has 1 fully saturated rings. The highest BCUT2D eigenvalue weighted by Crippen LogP contribution is 2.40. The molecular weight excluding hydrogens is 237 g/mol. The summed E-state index contributed by atoms with van der Waals surface area (Å²) in [6.07, 6.45) is 1.10. The zero-order valence-corrected chi connectivity index (χ0v) is 8.77. The monoisotopic (exact) mass is 245 g/mol. The number of rotatable bonds is 1. The molecule has 0 unspecified atom stereocenters. The second-order valence-corrected chi connectivity index (χ2v) is 4.44. The first-order chi connectivity index (χ1) is 5.68. The Labute approximate surface area is 85.0 Å². The molecule has 2 atom stereocenters. The Bertz CT molecular complexity index is 313. The van der Waals surface area contributed by atoms with Crippen LogP contribution in [0.1, 0.15) is 17.9 Å². The van der Waals surface area contributed by atoms with Crippen molar-refractivity contribution in [1.29, 1.82) is 0 Å². The van der Waals surface area contributed by atoms with Crippen LogP contribution in [0.3, 0.4) is 0 Å². The predicted octanol–water partition coefficient (Wildman–Crippen LogP) is 2.92. The van der Waals surface area contributed by atoms with Crippen LogP contribution in [-0.2, 0) is 0 Å². The topological polar surface area (TPSA) is 26.0 Å². The Balaban J connectivity index is 2.29. The lowest BCUT2D eigenvalue weighted by Crippen LogP contribution is -2.00. The van der Waals surface area contributed by atoms with Crippen molar-refractivity contribution >= 4 is 27.5 Å². The third kappa shape index (κ3) is 1.51. The maximum atomic E-state index is 5.95. The van der Waals surface area contributed by atoms with E-state index in [1.165, 1.54) is 5.56 Å². The molecule has 0 spiro atoms. The highest BCUT2D eigenvalue weighted by Gasteiger charge is 2.34. The lowest BCUT2D eigenvalue weighted by Gasteiger charge is -2.00. The van der Waals surface area contributed by atoms with E-state index in [-0.39, 0.29) is 0 Å². The van der Waals surface area contributed by atoms with Gasteiger partial charge in [0, 0.05) is 16.4 Å². The van der Waals surface area contributed by atoms with Gasteiger partial charge < -0.3 is 5.73 Å². The van der Waals surface area contributed by atoms with Crippen molar-refractivity contribution in [3.05, 3.63) is 33.3 Å². The SMILES string of the molecule is N[C@@H]1C[C@H]1c1ccc(Br)c(Cl)c1. The summed E-state index contributed by atoms with van der Waals surface area (Å²) in [5, 5.41) is 0.770. The van der Waals surface area contributed by atoms with Gasteiger partial charge in [0.15, 0.2) is 0 Å². The molecule has 0 amide bonds. The molecule has 0 radical (unpaired) electrons. The Hall–Kier alpha value is -0.0500. The first-order valence-electron chi connectivity index (χ1n) is 3.89. The maximum Gasteiger partial charge on any atom is 0.0550 e. The van der Waals surface area contributed by atoms with Gasteiger partial charge in [-0.05, 0) is 40.0 Å². The van der Waals surface area contributed by atoms with Crippen LogP contribution in [-0.4, -0.2) is 6.04 Å². The van der Waals surface area contributed by atoms with Gasteiger partial charge >= 0.3 is 0 Å². The van der Waals surface area contributed by atoms with E-state index in [0.717, 1.165) is 15.9 Å². The second-order valence-electron chi connectivity index (χ2n) is 3.18. The molecule has 0 bridgehead atoms. The van der Waals surface area contributed by atoms with Gasteiger partial charge in [-0.2, -0.15) is 0 Å². The molecule has 0 aliphatic heterocycles. The van der Waals surface area contributed by atoms with Crippen LogP contribution in [0, 0.1) is 0 Å². The van der Waals surface area contributed by atoms with Gasteiger partial charge in [-0.15, -0.1) is 0 Å². The maximum absolute atomic E-state index is 5.95. The number of benzene rings is 1. The molecule has 64 valence electrons. The Kier molecular flexibility index (Phi) is 2.15. The van der Waals surface area contributed by atoms with Crippen LogP contribution < -0.4 is 5.73 Å². The van der Waals surface area contributed by atoms with Crippen LogP contribution in [0.2, 0.25) is 5.02 Å². The van der Waals surface area contributed by atoms with Gasteiger partial charge in [0.2, 0.25) is 0 Å². The third-order valence-electron chi connectivity index (χ3n) is 2.21. The van der Waals surface area contributed by atoms with Crippen LogP contribution in [0.4, 0.5) is 0 Å². The van der Waals surface area contributed by atoms with Crippen molar-refractivity contribution < 1.29 is 0 Å². The van der Waals surface area contributed by atoms with E-state index >= 15 is 0 Å². The fourth-order valence-corrected chi connectivity index (χ4v) is 1.78. The standard InChI is InChI=1S/C9H9BrClN/c10-7-2-1-5(3-8(7)11)6-4-9(6)12/h1-3,6,9H,4,12H2/t6-,9+/m0/s1. The normalized spacial score (nSPS) is 27.2. The molecule has 2 rings (SSSR count). The predicted molar refractivity (Wildman–Crippen MR) is 54.5 cm³/mol. The summed E-state index contributed by atoms with van der Waals surface area (Å²) < 4.78 is 0.946. The molecule has 1 aliphatic rings. The smallest absolute Gasteiger partial charge is 0.0550 e. The summed E-state index contributed by atoms with van der Waals surface area (Å²) in [6.45, 7) is 0. The average Bonchev–Trinajstić information content (AvgIpc) is 2.73. The third-order valence-corrected chi connectivity index (χ3v) is 3.44. The van der Waals surface area contributed by atoms with Crippen molar-refractivity contribution in [2.75, 3.05) is 0 Å². The number of hydrogen-bond donors (Lipinski definition) is 1. The molecule has 1 nitrogen and oxygen atoms in total. The molecule has 0 saturated heterocycles. The first kappa shape index (κ1) is 8.54. The molecule has 1 aromatic carbocycles. The van der Waals surface area contributed by atoms with Crippen molar-refractivity contribution in [2.24, 2.45) is 5.73 Å². The summed E-state index contributed by atoms with van der Waals surface area (Å²) in [6, 6.07) is 6.39. The molecule has 12 heavy (non-hydrogen) atoms. The second kappa shape index (κ2) is 3.02. The van der Waals surface area contributed by atoms with Crippen molar-refractivity contribution in [3.63, 3.8) is 0 Å². The largest absolute Gasteiger partial charge is 0.327 e. The van der Waals surface area contributed by atoms with Gasteiger partial charge in [-0.3, -0.25) is 0 Å². The quantitative estimate of drug-likeness (QED) is 0.810. The molecular formula is C9H9BrClN. The van der Waals surface area contributed by atoms with Crippen molar-refractivity contribution in [2.45, 2.75) is 18.4 Å². The first-order valence-corrected chi connectivity index (χ1v) is 5.06. The fraction of sp³-hybridized carbons (Fsp3) is 0.333. The van der Waals surface area contributed by atoms with E-state index in [9.17, 15) is 0 Å². The summed E-state index contributed by atoms with van der Waals surface area (Å²) in [5.74, 6) is 0.538. The van der Waals surface area contributed by atoms with E-state index < -0.39 is 0 Å². The molecule has 1 aromatic rings. The van der Waals surface area contributed by atoms with Gasteiger partial charge in [0.1, 0.15) is 0 Å². The highest BCUT2D eigenvalue weighted by atomic mass is 79.9. The zero-order valence-electron chi connectivity index (χ0n) is 6.43. The van der Waals surface area contributed by atoms with E-state index in [4.69, 9.17) is 17.3 Å². The van der Waals surface area contributed by atoms with Crippen LogP contribution >= 0.6 is 27.5 Å². The van der Waals surface area contributed by atoms with Gasteiger partial charge in [-0.25, -0.2) is 0 Å². The number of halogens is 2. The Morgan fingerprint density at radius 3 is 2.67 bits per heavy atom. The number of nitrogens with two attached hydrogens (primary N) is 1. The molecule has 3 heteroatoms. The van der Waals surface area contributed by atoms with Crippen LogP contribution in [0.25, 0.3) is 0 Å². The molecule has 0 heterocycles. The fourth-order valence-electron chi connectivity index (χ4n) is 1.34. The summed E-state index contributed by atoms with van der Waals surface area (Å²) in [4.78, 5) is 0. The zero-order chi connectivity index (χ0) is 8.72. The van der Waals surface area contributed by atoms with Crippen LogP contribution in [0.15, 0.2) is 22.7 Å². The summed E-state index contributed by atoms with van der Waals surface area (Å²) in [5.41, 5.74) is 6.99. The number of hydrogen-bond acceptors (Lipinski definition) is 1.